The van der Waals surface area contributed by atoms with Gasteiger partial charge >= 0.3 is 5.97 Å². The van der Waals surface area contributed by atoms with Crippen molar-refractivity contribution in [3.8, 4) is 6.07 Å². The number of nitriles is 1. The van der Waals surface area contributed by atoms with Gasteiger partial charge in [-0.2, -0.15) is 5.26 Å². The van der Waals surface area contributed by atoms with Gasteiger partial charge in [-0.05, 0) is 51.6 Å². The van der Waals surface area contributed by atoms with Crippen molar-refractivity contribution in [2.45, 2.75) is 38.1 Å². The number of methoxy groups -OCH3 is 1. The van der Waals surface area contributed by atoms with Crippen LogP contribution in [0.4, 0.5) is 0 Å². The van der Waals surface area contributed by atoms with Crippen molar-refractivity contribution in [2.24, 2.45) is 11.8 Å². The second-order valence-corrected chi connectivity index (χ2v) is 6.21. The Hall–Kier alpha value is -1.61. The van der Waals surface area contributed by atoms with Crippen LogP contribution < -0.4 is 5.32 Å². The Labute approximate surface area is 125 Å². The van der Waals surface area contributed by atoms with E-state index in [0.29, 0.717) is 13.1 Å². The number of rotatable bonds is 5. The van der Waals surface area contributed by atoms with E-state index in [9.17, 15) is 14.9 Å². The maximum atomic E-state index is 12.1. The van der Waals surface area contributed by atoms with Gasteiger partial charge in [0.15, 0.2) is 0 Å². The number of ether oxygens (including phenoxy) is 1. The number of esters is 1. The van der Waals surface area contributed by atoms with Crippen molar-refractivity contribution in [2.75, 3.05) is 26.7 Å². The van der Waals surface area contributed by atoms with E-state index in [-0.39, 0.29) is 30.3 Å². The topological polar surface area (TPSA) is 82.4 Å². The Balaban J connectivity index is 1.77. The summed E-state index contributed by atoms with van der Waals surface area (Å²) in [5.74, 6) is -0.0333. The molecule has 1 aliphatic heterocycles. The van der Waals surface area contributed by atoms with E-state index in [4.69, 9.17) is 4.74 Å². The lowest BCUT2D eigenvalue weighted by Crippen LogP contribution is -2.51. The van der Waals surface area contributed by atoms with Crippen molar-refractivity contribution in [3.05, 3.63) is 0 Å². The lowest BCUT2D eigenvalue weighted by atomic mass is 9.96. The summed E-state index contributed by atoms with van der Waals surface area (Å²) in [4.78, 5) is 25.6. The zero-order valence-corrected chi connectivity index (χ0v) is 12.7. The monoisotopic (exact) mass is 293 g/mol. The lowest BCUT2D eigenvalue weighted by Gasteiger charge is -2.31. The summed E-state index contributed by atoms with van der Waals surface area (Å²) in [5.41, 5.74) is -0.735. The molecule has 0 aromatic heterocycles. The fourth-order valence-electron chi connectivity index (χ4n) is 2.91. The van der Waals surface area contributed by atoms with Gasteiger partial charge < -0.3 is 10.1 Å². The normalized spacial score (nSPS) is 22.9. The van der Waals surface area contributed by atoms with E-state index in [1.165, 1.54) is 7.11 Å². The molecule has 2 fully saturated rings. The van der Waals surface area contributed by atoms with Crippen LogP contribution in [0.5, 0.6) is 0 Å². The number of piperidine rings is 1. The number of carbonyl (C=O) groups excluding carboxylic acids is 2. The molecule has 0 radical (unpaired) electrons. The van der Waals surface area contributed by atoms with Crippen LogP contribution in [-0.4, -0.2) is 49.1 Å². The third-order valence-corrected chi connectivity index (χ3v) is 4.51. The van der Waals surface area contributed by atoms with Crippen LogP contribution in [0.1, 0.15) is 32.6 Å². The van der Waals surface area contributed by atoms with Crippen molar-refractivity contribution in [3.63, 3.8) is 0 Å². The van der Waals surface area contributed by atoms with Gasteiger partial charge in [-0.1, -0.05) is 0 Å². The zero-order chi connectivity index (χ0) is 15.5. The molecule has 1 aliphatic carbocycles. The Kier molecular flexibility index (Phi) is 4.84. The number of hydrogen-bond acceptors (Lipinski definition) is 5. The SMILES string of the molecule is COC(=O)C1CCN(CC(=O)NC(C)(C#N)C2CC2)CC1. The highest BCUT2D eigenvalue weighted by Crippen LogP contribution is 2.39. The first-order chi connectivity index (χ1) is 9.98. The van der Waals surface area contributed by atoms with Crippen LogP contribution in [0.25, 0.3) is 0 Å². The van der Waals surface area contributed by atoms with E-state index in [1.807, 2.05) is 4.90 Å². The van der Waals surface area contributed by atoms with Crippen LogP contribution >= 0.6 is 0 Å². The standard InChI is InChI=1S/C15H23N3O3/c1-15(10-16,12-3-4-12)17-13(19)9-18-7-5-11(6-8-18)14(20)21-2/h11-12H,3-9H2,1-2H3,(H,17,19). The minimum Gasteiger partial charge on any atom is -0.469 e. The van der Waals surface area contributed by atoms with Gasteiger partial charge in [0.25, 0.3) is 0 Å². The van der Waals surface area contributed by atoms with E-state index in [0.717, 1.165) is 25.7 Å². The zero-order valence-electron chi connectivity index (χ0n) is 12.7. The molecule has 6 heteroatoms. The Bertz CT molecular complexity index is 448. The largest absolute Gasteiger partial charge is 0.469 e. The maximum Gasteiger partial charge on any atom is 0.308 e. The highest BCUT2D eigenvalue weighted by molar-refractivity contribution is 5.79. The molecule has 1 unspecified atom stereocenters. The van der Waals surface area contributed by atoms with Gasteiger partial charge in [-0.15, -0.1) is 0 Å². The summed E-state index contributed by atoms with van der Waals surface area (Å²) < 4.78 is 4.75. The summed E-state index contributed by atoms with van der Waals surface area (Å²) >= 11 is 0. The first kappa shape index (κ1) is 15.8. The maximum absolute atomic E-state index is 12.1. The molecule has 6 nitrogen and oxygen atoms in total. The molecule has 1 saturated heterocycles. The Morgan fingerprint density at radius 2 is 1.95 bits per heavy atom. The smallest absolute Gasteiger partial charge is 0.308 e. The molecule has 1 heterocycles. The average Bonchev–Trinajstić information content (AvgIpc) is 3.32. The quantitative estimate of drug-likeness (QED) is 0.754. The van der Waals surface area contributed by atoms with E-state index >= 15 is 0 Å². The molecule has 21 heavy (non-hydrogen) atoms. The minimum absolute atomic E-state index is 0.0508. The molecule has 0 bridgehead atoms. The molecule has 1 amide bonds. The number of amides is 1. The molecular weight excluding hydrogens is 270 g/mol. The number of likely N-dealkylation sites (tertiary alicyclic amines) is 1. The molecule has 116 valence electrons. The number of nitrogens with one attached hydrogen (secondary N) is 1. The van der Waals surface area contributed by atoms with Crippen LogP contribution in [-0.2, 0) is 14.3 Å². The molecule has 2 aliphatic rings. The molecule has 1 saturated carbocycles. The minimum atomic E-state index is -0.735. The van der Waals surface area contributed by atoms with Gasteiger partial charge in [0.2, 0.25) is 5.91 Å². The summed E-state index contributed by atoms with van der Waals surface area (Å²) in [6, 6.07) is 2.23. The highest BCUT2D eigenvalue weighted by atomic mass is 16.5. The third kappa shape index (κ3) is 3.94. The summed E-state index contributed by atoms with van der Waals surface area (Å²) in [6.07, 6.45) is 3.46. The number of hydrogen-bond donors (Lipinski definition) is 1. The first-order valence-corrected chi connectivity index (χ1v) is 7.51. The molecule has 2 rings (SSSR count). The first-order valence-electron chi connectivity index (χ1n) is 7.51. The second kappa shape index (κ2) is 6.44. The van der Waals surface area contributed by atoms with Gasteiger partial charge in [-0.25, -0.2) is 0 Å². The van der Waals surface area contributed by atoms with E-state index in [1.54, 1.807) is 6.92 Å². The highest BCUT2D eigenvalue weighted by Gasteiger charge is 2.43. The molecule has 1 N–H and O–H groups in total. The number of carbonyl (C=O) groups is 2. The van der Waals surface area contributed by atoms with Crippen LogP contribution in [0.2, 0.25) is 0 Å². The predicted molar refractivity (Wildman–Crippen MR) is 76.1 cm³/mol. The van der Waals surface area contributed by atoms with Crippen LogP contribution in [0.15, 0.2) is 0 Å². The van der Waals surface area contributed by atoms with Crippen molar-refractivity contribution < 1.29 is 14.3 Å². The van der Waals surface area contributed by atoms with Crippen LogP contribution in [0, 0.1) is 23.2 Å². The van der Waals surface area contributed by atoms with Crippen molar-refractivity contribution in [1.29, 1.82) is 5.26 Å². The fourth-order valence-corrected chi connectivity index (χ4v) is 2.91. The predicted octanol–water partition coefficient (Wildman–Crippen LogP) is 0.680. The van der Waals surface area contributed by atoms with E-state index < -0.39 is 5.54 Å². The number of nitrogens with zero attached hydrogens (tertiary/aromatic N) is 2. The molecule has 1 atom stereocenters. The second-order valence-electron chi connectivity index (χ2n) is 6.21. The van der Waals surface area contributed by atoms with Crippen molar-refractivity contribution in [1.82, 2.24) is 10.2 Å². The molecule has 0 aromatic carbocycles. The lowest BCUT2D eigenvalue weighted by molar-refractivity contribution is -0.147. The van der Waals surface area contributed by atoms with Crippen molar-refractivity contribution >= 4 is 11.9 Å². The molecular formula is C15H23N3O3. The molecule has 0 spiro atoms. The Morgan fingerprint density at radius 3 is 2.43 bits per heavy atom. The van der Waals surface area contributed by atoms with Gasteiger partial charge in [0, 0.05) is 0 Å². The summed E-state index contributed by atoms with van der Waals surface area (Å²) in [5, 5.41) is 12.1. The van der Waals surface area contributed by atoms with E-state index in [2.05, 4.69) is 11.4 Å². The fraction of sp³-hybridized carbons (Fsp3) is 0.800. The summed E-state index contributed by atoms with van der Waals surface area (Å²) in [6.45, 7) is 3.50. The van der Waals surface area contributed by atoms with Crippen LogP contribution in [0.3, 0.4) is 0 Å². The summed E-state index contributed by atoms with van der Waals surface area (Å²) in [7, 11) is 1.41. The average molecular weight is 293 g/mol. The Morgan fingerprint density at radius 1 is 1.33 bits per heavy atom. The van der Waals surface area contributed by atoms with Gasteiger partial charge in [0.1, 0.15) is 5.54 Å². The molecule has 0 aromatic rings. The third-order valence-electron chi connectivity index (χ3n) is 4.51. The van der Waals surface area contributed by atoms with Gasteiger partial charge in [0.05, 0.1) is 25.6 Å². The van der Waals surface area contributed by atoms with Gasteiger partial charge in [-0.3, -0.25) is 14.5 Å².